The Morgan fingerprint density at radius 1 is 0.583 bits per heavy atom. The second kappa shape index (κ2) is 5.34. The molecule has 0 radical (unpaired) electrons. The fourth-order valence-electron chi connectivity index (χ4n) is 5.12. The van der Waals surface area contributed by atoms with Crippen molar-refractivity contribution in [2.45, 2.75) is 54.4 Å². The molecule has 24 heavy (non-hydrogen) atoms. The number of benzene rings is 2. The van der Waals surface area contributed by atoms with E-state index >= 15 is 0 Å². The Balaban J connectivity index is 2.08. The summed E-state index contributed by atoms with van der Waals surface area (Å²) in [6.45, 7) is 14.0. The van der Waals surface area contributed by atoms with Gasteiger partial charge in [-0.15, -0.1) is 0 Å². The largest absolute Gasteiger partial charge is 0.0587 e. The molecular formula is C24H28. The van der Waals surface area contributed by atoms with Gasteiger partial charge in [-0.2, -0.15) is 0 Å². The Morgan fingerprint density at radius 3 is 1.29 bits per heavy atom. The van der Waals surface area contributed by atoms with Crippen molar-refractivity contribution in [3.8, 4) is 0 Å². The Hall–Kier alpha value is -1.82. The van der Waals surface area contributed by atoms with E-state index in [1.54, 1.807) is 33.4 Å². The average molecular weight is 316 g/mol. The third-order valence-corrected chi connectivity index (χ3v) is 6.35. The second-order valence-corrected chi connectivity index (χ2v) is 8.14. The Bertz CT molecular complexity index is 806. The second-order valence-electron chi connectivity index (χ2n) is 8.14. The van der Waals surface area contributed by atoms with E-state index in [-0.39, 0.29) is 0 Å². The number of hydrogen-bond acceptors (Lipinski definition) is 0. The molecule has 4 rings (SSSR count). The maximum absolute atomic E-state index is 2.43. The summed E-state index contributed by atoms with van der Waals surface area (Å²) in [5, 5.41) is 0. The van der Waals surface area contributed by atoms with Crippen molar-refractivity contribution >= 4 is 11.1 Å². The summed E-state index contributed by atoms with van der Waals surface area (Å²) in [6.07, 6.45) is 2.41. The predicted octanol–water partition coefficient (Wildman–Crippen LogP) is 6.22. The summed E-state index contributed by atoms with van der Waals surface area (Å²) in [6, 6.07) is 9.23. The molecule has 0 nitrogen and oxygen atoms in total. The van der Waals surface area contributed by atoms with Gasteiger partial charge in [-0.05, 0) is 108 Å². The lowest BCUT2D eigenvalue weighted by atomic mass is 9.85. The summed E-state index contributed by atoms with van der Waals surface area (Å²) >= 11 is 0. The maximum atomic E-state index is 2.43. The standard InChI is InChI=1S/C24H28/c1-13-7-9-15(3)21-19(13)11-17(5)23(21)24-18(6)12-20-14(2)8-10-16(4)22(20)24/h7-10,17-18H,11-12H2,1-6H3/b24-23+/t17-,18-/m0/s1. The van der Waals surface area contributed by atoms with Gasteiger partial charge in [0.2, 0.25) is 0 Å². The molecule has 2 aliphatic rings. The summed E-state index contributed by atoms with van der Waals surface area (Å²) < 4.78 is 0. The molecule has 0 spiro atoms. The topological polar surface area (TPSA) is 0 Å². The molecule has 0 saturated carbocycles. The van der Waals surface area contributed by atoms with Crippen LogP contribution < -0.4 is 0 Å². The monoisotopic (exact) mass is 316 g/mol. The first-order valence-electron chi connectivity index (χ1n) is 9.33. The van der Waals surface area contributed by atoms with Crippen LogP contribution in [0, 0.1) is 39.5 Å². The van der Waals surface area contributed by atoms with E-state index in [0.29, 0.717) is 11.8 Å². The lowest BCUT2D eigenvalue weighted by Crippen LogP contribution is -2.01. The highest BCUT2D eigenvalue weighted by Crippen LogP contribution is 2.51. The summed E-state index contributed by atoms with van der Waals surface area (Å²) in [7, 11) is 0. The minimum atomic E-state index is 0.628. The molecule has 0 heterocycles. The number of aryl methyl sites for hydroxylation is 4. The van der Waals surface area contributed by atoms with Crippen LogP contribution in [0.2, 0.25) is 0 Å². The fraction of sp³-hybridized carbons (Fsp3) is 0.417. The predicted molar refractivity (Wildman–Crippen MR) is 104 cm³/mol. The molecule has 0 aliphatic heterocycles. The number of rotatable bonds is 0. The maximum Gasteiger partial charge on any atom is -0.0140 e. The van der Waals surface area contributed by atoms with Crippen LogP contribution in [0.1, 0.15) is 58.4 Å². The van der Waals surface area contributed by atoms with Crippen molar-refractivity contribution in [1.29, 1.82) is 0 Å². The normalized spacial score (nSPS) is 25.1. The zero-order chi connectivity index (χ0) is 17.2. The van der Waals surface area contributed by atoms with Gasteiger partial charge in [-0.25, -0.2) is 0 Å². The van der Waals surface area contributed by atoms with Gasteiger partial charge < -0.3 is 0 Å². The summed E-state index contributed by atoms with van der Waals surface area (Å²) in [5.74, 6) is 1.26. The molecular weight excluding hydrogens is 288 g/mol. The number of allylic oxidation sites excluding steroid dienone is 2. The van der Waals surface area contributed by atoms with Gasteiger partial charge in [0.15, 0.2) is 0 Å². The van der Waals surface area contributed by atoms with Gasteiger partial charge in [0.05, 0.1) is 0 Å². The van der Waals surface area contributed by atoms with E-state index in [1.165, 1.54) is 35.1 Å². The van der Waals surface area contributed by atoms with E-state index in [9.17, 15) is 0 Å². The minimum absolute atomic E-state index is 0.628. The number of hydrogen-bond donors (Lipinski definition) is 0. The smallest absolute Gasteiger partial charge is 0.0140 e. The molecule has 124 valence electrons. The zero-order valence-corrected chi connectivity index (χ0v) is 15.9. The van der Waals surface area contributed by atoms with Gasteiger partial charge in [0.1, 0.15) is 0 Å². The van der Waals surface area contributed by atoms with Crippen molar-refractivity contribution in [3.05, 3.63) is 68.8 Å². The van der Waals surface area contributed by atoms with Crippen molar-refractivity contribution in [1.82, 2.24) is 0 Å². The molecule has 0 amide bonds. The molecule has 2 atom stereocenters. The zero-order valence-electron chi connectivity index (χ0n) is 15.9. The quantitative estimate of drug-likeness (QED) is 0.541. The Kier molecular flexibility index (Phi) is 3.49. The molecule has 2 aromatic carbocycles. The lowest BCUT2D eigenvalue weighted by Gasteiger charge is -2.19. The molecule has 0 bridgehead atoms. The first-order valence-corrected chi connectivity index (χ1v) is 9.33. The molecule has 2 aliphatic carbocycles. The SMILES string of the molecule is Cc1ccc(C)c2c1C[C@H](C)/C2=C1\c2c(C)ccc(C)c2C[C@@H]1C. The van der Waals surface area contributed by atoms with E-state index in [4.69, 9.17) is 0 Å². The Morgan fingerprint density at radius 2 is 0.917 bits per heavy atom. The first kappa shape index (κ1) is 15.7. The third-order valence-electron chi connectivity index (χ3n) is 6.35. The molecule has 0 heteroatoms. The fourth-order valence-corrected chi connectivity index (χ4v) is 5.12. The van der Waals surface area contributed by atoms with Crippen LogP contribution in [-0.4, -0.2) is 0 Å². The van der Waals surface area contributed by atoms with Crippen LogP contribution in [0.4, 0.5) is 0 Å². The van der Waals surface area contributed by atoms with Crippen molar-refractivity contribution in [2.24, 2.45) is 11.8 Å². The van der Waals surface area contributed by atoms with Crippen LogP contribution in [0.25, 0.3) is 11.1 Å². The van der Waals surface area contributed by atoms with Crippen LogP contribution in [-0.2, 0) is 12.8 Å². The van der Waals surface area contributed by atoms with E-state index in [1.807, 2.05) is 0 Å². The highest BCUT2D eigenvalue weighted by Gasteiger charge is 2.35. The van der Waals surface area contributed by atoms with Crippen LogP contribution in [0.3, 0.4) is 0 Å². The third kappa shape index (κ3) is 2.05. The van der Waals surface area contributed by atoms with Crippen molar-refractivity contribution < 1.29 is 0 Å². The highest BCUT2D eigenvalue weighted by atomic mass is 14.4. The van der Waals surface area contributed by atoms with E-state index < -0.39 is 0 Å². The molecule has 0 unspecified atom stereocenters. The van der Waals surface area contributed by atoms with Crippen LogP contribution in [0.15, 0.2) is 24.3 Å². The van der Waals surface area contributed by atoms with E-state index in [2.05, 4.69) is 65.8 Å². The van der Waals surface area contributed by atoms with Gasteiger partial charge >= 0.3 is 0 Å². The highest BCUT2D eigenvalue weighted by molar-refractivity contribution is 5.99. The molecule has 2 aromatic rings. The average Bonchev–Trinajstić information content (AvgIpc) is 3.05. The van der Waals surface area contributed by atoms with Crippen molar-refractivity contribution in [3.63, 3.8) is 0 Å². The van der Waals surface area contributed by atoms with Crippen LogP contribution in [0.5, 0.6) is 0 Å². The van der Waals surface area contributed by atoms with Gasteiger partial charge in [0, 0.05) is 0 Å². The molecule has 0 fully saturated rings. The minimum Gasteiger partial charge on any atom is -0.0587 e. The van der Waals surface area contributed by atoms with Crippen LogP contribution >= 0.6 is 0 Å². The molecule has 0 saturated heterocycles. The number of fused-ring (bicyclic) bond motifs is 2. The van der Waals surface area contributed by atoms with Gasteiger partial charge in [-0.3, -0.25) is 0 Å². The van der Waals surface area contributed by atoms with Gasteiger partial charge in [0.25, 0.3) is 0 Å². The first-order chi connectivity index (χ1) is 11.4. The lowest BCUT2D eigenvalue weighted by molar-refractivity contribution is 0.751. The Labute approximate surface area is 146 Å². The molecule has 0 aromatic heterocycles. The van der Waals surface area contributed by atoms with Crippen molar-refractivity contribution in [2.75, 3.05) is 0 Å². The summed E-state index contributed by atoms with van der Waals surface area (Å²) in [4.78, 5) is 0. The van der Waals surface area contributed by atoms with Gasteiger partial charge in [-0.1, -0.05) is 38.1 Å². The van der Waals surface area contributed by atoms with E-state index in [0.717, 1.165) is 0 Å². The molecule has 0 N–H and O–H groups in total. The summed E-state index contributed by atoms with van der Waals surface area (Å²) in [5.41, 5.74) is 15.4.